The molecule has 5 nitrogen and oxygen atoms in total. The fourth-order valence-corrected chi connectivity index (χ4v) is 3.76. The summed E-state index contributed by atoms with van der Waals surface area (Å²) >= 11 is 0. The Morgan fingerprint density at radius 1 is 0.931 bits per heavy atom. The van der Waals surface area contributed by atoms with Crippen LogP contribution in [0.2, 0.25) is 0 Å². The summed E-state index contributed by atoms with van der Waals surface area (Å²) in [4.78, 5) is 15.1. The van der Waals surface area contributed by atoms with Crippen molar-refractivity contribution in [3.8, 4) is 17.2 Å². The maximum atomic E-state index is 13.1. The minimum Gasteiger partial charge on any atom is -0.497 e. The zero-order valence-corrected chi connectivity index (χ0v) is 17.4. The lowest BCUT2D eigenvalue weighted by Gasteiger charge is -2.29. The number of likely N-dealkylation sites (tertiary alicyclic amines) is 1. The van der Waals surface area contributed by atoms with Gasteiger partial charge in [0.1, 0.15) is 5.75 Å². The van der Waals surface area contributed by atoms with Gasteiger partial charge in [-0.2, -0.15) is 0 Å². The lowest BCUT2D eigenvalue weighted by molar-refractivity contribution is -0.128. The molecule has 2 aromatic carbocycles. The van der Waals surface area contributed by atoms with Gasteiger partial charge in [0.2, 0.25) is 5.91 Å². The van der Waals surface area contributed by atoms with Crippen LogP contribution in [0.5, 0.6) is 17.2 Å². The Morgan fingerprint density at radius 3 is 2.38 bits per heavy atom. The van der Waals surface area contributed by atoms with Gasteiger partial charge in [-0.3, -0.25) is 4.79 Å². The van der Waals surface area contributed by atoms with Crippen molar-refractivity contribution in [2.45, 2.75) is 31.7 Å². The molecule has 0 aliphatic carbocycles. The Labute approximate surface area is 172 Å². The molecule has 154 valence electrons. The molecular formula is C24H29NO4. The van der Waals surface area contributed by atoms with Crippen molar-refractivity contribution in [1.29, 1.82) is 0 Å². The summed E-state index contributed by atoms with van der Waals surface area (Å²) in [6.45, 7) is 0.770. The SMILES string of the molecule is COc1ccc(C2CCCCCN2C(=O)C=Cc2ccc(OC)c(OC)c2)cc1. The van der Waals surface area contributed by atoms with Crippen LogP contribution in [0, 0.1) is 0 Å². The first kappa shape index (κ1) is 20.8. The second kappa shape index (κ2) is 10.0. The molecule has 1 atom stereocenters. The molecule has 1 amide bonds. The number of hydrogen-bond donors (Lipinski definition) is 0. The van der Waals surface area contributed by atoms with E-state index in [0.29, 0.717) is 11.5 Å². The largest absolute Gasteiger partial charge is 0.497 e. The summed E-state index contributed by atoms with van der Waals surface area (Å²) in [5.41, 5.74) is 2.05. The van der Waals surface area contributed by atoms with E-state index < -0.39 is 0 Å². The average molecular weight is 395 g/mol. The second-order valence-corrected chi connectivity index (χ2v) is 7.12. The number of nitrogens with zero attached hydrogens (tertiary/aromatic N) is 1. The fraction of sp³-hybridized carbons (Fsp3) is 0.375. The van der Waals surface area contributed by atoms with Crippen molar-refractivity contribution >= 4 is 12.0 Å². The molecule has 0 N–H and O–H groups in total. The molecule has 1 aliphatic rings. The van der Waals surface area contributed by atoms with Crippen molar-refractivity contribution in [3.05, 3.63) is 59.7 Å². The fourth-order valence-electron chi connectivity index (χ4n) is 3.76. The van der Waals surface area contributed by atoms with Crippen molar-refractivity contribution in [2.75, 3.05) is 27.9 Å². The van der Waals surface area contributed by atoms with Gasteiger partial charge in [-0.05, 0) is 54.3 Å². The maximum absolute atomic E-state index is 13.1. The summed E-state index contributed by atoms with van der Waals surface area (Å²) in [6.07, 6.45) is 7.77. The summed E-state index contributed by atoms with van der Waals surface area (Å²) in [5.74, 6) is 2.17. The second-order valence-electron chi connectivity index (χ2n) is 7.12. The third-order valence-corrected chi connectivity index (χ3v) is 5.36. The number of rotatable bonds is 6. The molecule has 2 aromatic rings. The molecule has 0 aromatic heterocycles. The average Bonchev–Trinajstić information content (AvgIpc) is 3.03. The normalized spacial score (nSPS) is 17.1. The molecule has 0 spiro atoms. The van der Waals surface area contributed by atoms with E-state index in [1.54, 1.807) is 27.4 Å². The number of methoxy groups -OCH3 is 3. The summed E-state index contributed by atoms with van der Waals surface area (Å²) in [6, 6.07) is 13.8. The van der Waals surface area contributed by atoms with Gasteiger partial charge < -0.3 is 19.1 Å². The van der Waals surface area contributed by atoms with Crippen LogP contribution in [-0.2, 0) is 4.79 Å². The molecule has 3 rings (SSSR count). The molecule has 1 unspecified atom stereocenters. The summed E-state index contributed by atoms with van der Waals surface area (Å²) in [7, 11) is 4.87. The topological polar surface area (TPSA) is 48.0 Å². The van der Waals surface area contributed by atoms with E-state index in [-0.39, 0.29) is 11.9 Å². The van der Waals surface area contributed by atoms with Gasteiger partial charge in [0, 0.05) is 12.6 Å². The minimum atomic E-state index is 0.0301. The highest BCUT2D eigenvalue weighted by Crippen LogP contribution is 2.32. The van der Waals surface area contributed by atoms with Gasteiger partial charge >= 0.3 is 0 Å². The van der Waals surface area contributed by atoms with E-state index in [1.165, 1.54) is 0 Å². The third-order valence-electron chi connectivity index (χ3n) is 5.36. The highest BCUT2D eigenvalue weighted by atomic mass is 16.5. The number of ether oxygens (including phenoxy) is 3. The van der Waals surface area contributed by atoms with Crippen LogP contribution in [0.3, 0.4) is 0 Å². The Hall–Kier alpha value is -2.95. The van der Waals surface area contributed by atoms with Crippen LogP contribution in [0.25, 0.3) is 6.08 Å². The van der Waals surface area contributed by atoms with Gasteiger partial charge in [0.15, 0.2) is 11.5 Å². The Balaban J connectivity index is 1.79. The molecule has 29 heavy (non-hydrogen) atoms. The van der Waals surface area contributed by atoms with Crippen molar-refractivity contribution in [1.82, 2.24) is 4.90 Å². The lowest BCUT2D eigenvalue weighted by atomic mass is 10.0. The molecule has 1 aliphatic heterocycles. The Bertz CT molecular complexity index is 844. The Morgan fingerprint density at radius 2 is 1.69 bits per heavy atom. The Kier molecular flexibility index (Phi) is 7.17. The quantitative estimate of drug-likeness (QED) is 0.655. The van der Waals surface area contributed by atoms with Crippen LogP contribution < -0.4 is 14.2 Å². The standard InChI is InChI=1S/C24H29NO4/c1-27-20-12-10-19(11-13-20)21-7-5-4-6-16-25(21)24(26)15-9-18-8-14-22(28-2)23(17-18)29-3/h8-15,17,21H,4-7,16H2,1-3H3. The highest BCUT2D eigenvalue weighted by Gasteiger charge is 2.25. The van der Waals surface area contributed by atoms with E-state index in [1.807, 2.05) is 41.3 Å². The highest BCUT2D eigenvalue weighted by molar-refractivity contribution is 5.92. The van der Waals surface area contributed by atoms with Gasteiger partial charge in [-0.1, -0.05) is 31.0 Å². The molecule has 0 radical (unpaired) electrons. The monoisotopic (exact) mass is 395 g/mol. The molecule has 1 saturated heterocycles. The first-order chi connectivity index (χ1) is 14.2. The van der Waals surface area contributed by atoms with Crippen LogP contribution in [-0.4, -0.2) is 38.7 Å². The number of amides is 1. The molecule has 0 saturated carbocycles. The maximum Gasteiger partial charge on any atom is 0.247 e. The van der Waals surface area contributed by atoms with Crippen LogP contribution in [0.1, 0.15) is 42.9 Å². The number of carbonyl (C=O) groups is 1. The van der Waals surface area contributed by atoms with Crippen molar-refractivity contribution in [2.24, 2.45) is 0 Å². The lowest BCUT2D eigenvalue weighted by Crippen LogP contribution is -2.33. The van der Waals surface area contributed by atoms with Gasteiger partial charge in [-0.25, -0.2) is 0 Å². The zero-order valence-electron chi connectivity index (χ0n) is 17.4. The van der Waals surface area contributed by atoms with E-state index in [2.05, 4.69) is 12.1 Å². The molecule has 0 bridgehead atoms. The van der Waals surface area contributed by atoms with Crippen LogP contribution in [0.15, 0.2) is 48.5 Å². The van der Waals surface area contributed by atoms with Gasteiger partial charge in [-0.15, -0.1) is 0 Å². The number of benzene rings is 2. The molecule has 1 heterocycles. The third kappa shape index (κ3) is 5.11. The van der Waals surface area contributed by atoms with Crippen molar-refractivity contribution in [3.63, 3.8) is 0 Å². The summed E-state index contributed by atoms with van der Waals surface area (Å²) in [5, 5.41) is 0. The van der Waals surface area contributed by atoms with E-state index in [9.17, 15) is 4.79 Å². The molecule has 5 heteroatoms. The summed E-state index contributed by atoms with van der Waals surface area (Å²) < 4.78 is 15.9. The molecule has 1 fully saturated rings. The van der Waals surface area contributed by atoms with Crippen molar-refractivity contribution < 1.29 is 19.0 Å². The van der Waals surface area contributed by atoms with E-state index in [4.69, 9.17) is 14.2 Å². The van der Waals surface area contributed by atoms with E-state index in [0.717, 1.165) is 49.1 Å². The van der Waals surface area contributed by atoms with Gasteiger partial charge in [0.05, 0.1) is 27.4 Å². The zero-order chi connectivity index (χ0) is 20.6. The smallest absolute Gasteiger partial charge is 0.247 e. The first-order valence-electron chi connectivity index (χ1n) is 10.0. The number of carbonyl (C=O) groups excluding carboxylic acids is 1. The van der Waals surface area contributed by atoms with E-state index >= 15 is 0 Å². The van der Waals surface area contributed by atoms with Crippen LogP contribution >= 0.6 is 0 Å². The minimum absolute atomic E-state index is 0.0301. The van der Waals surface area contributed by atoms with Gasteiger partial charge in [0.25, 0.3) is 0 Å². The predicted octanol–water partition coefficient (Wildman–Crippen LogP) is 4.87. The number of hydrogen-bond acceptors (Lipinski definition) is 4. The van der Waals surface area contributed by atoms with Crippen LogP contribution in [0.4, 0.5) is 0 Å². The first-order valence-corrected chi connectivity index (χ1v) is 10.0. The molecular weight excluding hydrogens is 366 g/mol. The predicted molar refractivity (Wildman–Crippen MR) is 114 cm³/mol.